The third-order valence-corrected chi connectivity index (χ3v) is 3.36. The van der Waals surface area contributed by atoms with E-state index in [1.54, 1.807) is 0 Å². The first-order chi connectivity index (χ1) is 9.49. The number of hydrogen-bond acceptors (Lipinski definition) is 6. The number of aliphatic imine (C=N–C) groups is 1. The first-order valence-electron chi connectivity index (χ1n) is 5.81. The van der Waals surface area contributed by atoms with Gasteiger partial charge in [-0.3, -0.25) is 23.7 Å². The van der Waals surface area contributed by atoms with Crippen LogP contribution in [0.2, 0.25) is 0 Å². The van der Waals surface area contributed by atoms with Gasteiger partial charge in [0, 0.05) is 12.3 Å². The Balaban J connectivity index is 2.48. The van der Waals surface area contributed by atoms with Gasteiger partial charge in [0.15, 0.2) is 0 Å². The standard InChI is InChI=1S/C11H14FN3O5/c1-13-11(5-16)8(18)6(4-12)9(20-11)15-3-2-7(17)14-10(15)19/h2-3,6,8-9,16,18H,1,4-5H2,(H,14,17,19)/t6-,8-,9+,11+/m0/s1. The lowest BCUT2D eigenvalue weighted by Gasteiger charge is -2.25. The van der Waals surface area contributed by atoms with Gasteiger partial charge in [-0.05, 0) is 6.72 Å². The Kier molecular flexibility index (Phi) is 3.84. The van der Waals surface area contributed by atoms with E-state index in [0.29, 0.717) is 0 Å². The third kappa shape index (κ3) is 2.09. The number of halogens is 1. The minimum Gasteiger partial charge on any atom is -0.391 e. The topological polar surface area (TPSA) is 117 Å². The van der Waals surface area contributed by atoms with Gasteiger partial charge in [-0.15, -0.1) is 0 Å². The zero-order valence-electron chi connectivity index (χ0n) is 10.4. The molecule has 1 aliphatic heterocycles. The Hall–Kier alpha value is -1.84. The molecular weight excluding hydrogens is 273 g/mol. The van der Waals surface area contributed by atoms with Crippen molar-refractivity contribution in [3.63, 3.8) is 0 Å². The van der Waals surface area contributed by atoms with Crippen molar-refractivity contribution in [1.82, 2.24) is 9.55 Å². The molecule has 2 rings (SSSR count). The Labute approximate surface area is 112 Å². The summed E-state index contributed by atoms with van der Waals surface area (Å²) >= 11 is 0. The lowest BCUT2D eigenvalue weighted by atomic mass is 9.97. The van der Waals surface area contributed by atoms with Gasteiger partial charge in [-0.25, -0.2) is 4.79 Å². The van der Waals surface area contributed by atoms with Crippen molar-refractivity contribution in [3.8, 4) is 0 Å². The normalized spacial score (nSPS) is 33.2. The molecule has 20 heavy (non-hydrogen) atoms. The molecule has 0 saturated carbocycles. The molecule has 0 aliphatic carbocycles. The summed E-state index contributed by atoms with van der Waals surface area (Å²) in [5.74, 6) is -1.13. The molecule has 9 heteroatoms. The summed E-state index contributed by atoms with van der Waals surface area (Å²) in [5.41, 5.74) is -3.22. The second-order valence-electron chi connectivity index (χ2n) is 4.45. The summed E-state index contributed by atoms with van der Waals surface area (Å²) in [7, 11) is 0. The minimum absolute atomic E-state index is 0.614. The van der Waals surface area contributed by atoms with Crippen LogP contribution in [0.5, 0.6) is 0 Å². The molecule has 1 fully saturated rings. The van der Waals surface area contributed by atoms with Crippen LogP contribution in [0.4, 0.5) is 4.39 Å². The van der Waals surface area contributed by atoms with Crippen molar-refractivity contribution >= 4 is 6.72 Å². The first kappa shape index (κ1) is 14.6. The van der Waals surface area contributed by atoms with Crippen LogP contribution in [0.25, 0.3) is 0 Å². The molecule has 110 valence electrons. The van der Waals surface area contributed by atoms with Gasteiger partial charge < -0.3 is 14.9 Å². The molecule has 0 spiro atoms. The quantitative estimate of drug-likeness (QED) is 0.577. The van der Waals surface area contributed by atoms with E-state index in [1.165, 1.54) is 0 Å². The molecule has 0 bridgehead atoms. The van der Waals surface area contributed by atoms with Crippen LogP contribution in [0.1, 0.15) is 6.23 Å². The average Bonchev–Trinajstić information content (AvgIpc) is 2.71. The Morgan fingerprint density at radius 2 is 2.30 bits per heavy atom. The van der Waals surface area contributed by atoms with Crippen molar-refractivity contribution in [3.05, 3.63) is 33.1 Å². The second-order valence-corrected chi connectivity index (χ2v) is 4.45. The van der Waals surface area contributed by atoms with Crippen molar-refractivity contribution in [2.75, 3.05) is 13.3 Å². The van der Waals surface area contributed by atoms with E-state index in [4.69, 9.17) is 4.74 Å². The van der Waals surface area contributed by atoms with E-state index in [2.05, 4.69) is 11.7 Å². The first-order valence-corrected chi connectivity index (χ1v) is 5.81. The molecule has 3 N–H and O–H groups in total. The molecule has 4 atom stereocenters. The van der Waals surface area contributed by atoms with E-state index >= 15 is 0 Å². The molecule has 1 aromatic rings. The fourth-order valence-corrected chi connectivity index (χ4v) is 2.22. The van der Waals surface area contributed by atoms with Crippen LogP contribution in [0.3, 0.4) is 0 Å². The number of aliphatic hydroxyl groups is 2. The van der Waals surface area contributed by atoms with E-state index in [-0.39, 0.29) is 0 Å². The lowest BCUT2D eigenvalue weighted by molar-refractivity contribution is -0.122. The van der Waals surface area contributed by atoms with Gasteiger partial charge in [-0.2, -0.15) is 0 Å². The van der Waals surface area contributed by atoms with E-state index < -0.39 is 48.5 Å². The van der Waals surface area contributed by atoms with Crippen LogP contribution in [-0.4, -0.2) is 51.6 Å². The largest absolute Gasteiger partial charge is 0.391 e. The van der Waals surface area contributed by atoms with Crippen LogP contribution in [0.15, 0.2) is 26.8 Å². The van der Waals surface area contributed by atoms with Gasteiger partial charge in [0.2, 0.25) is 5.72 Å². The zero-order valence-corrected chi connectivity index (χ0v) is 10.4. The molecule has 2 heterocycles. The predicted molar refractivity (Wildman–Crippen MR) is 66.3 cm³/mol. The van der Waals surface area contributed by atoms with Crippen molar-refractivity contribution < 1.29 is 19.3 Å². The van der Waals surface area contributed by atoms with Crippen LogP contribution in [0, 0.1) is 5.92 Å². The van der Waals surface area contributed by atoms with Gasteiger partial charge >= 0.3 is 5.69 Å². The summed E-state index contributed by atoms with van der Waals surface area (Å²) in [6.45, 7) is 1.48. The lowest BCUT2D eigenvalue weighted by Crippen LogP contribution is -2.43. The predicted octanol–water partition coefficient (Wildman–Crippen LogP) is -1.60. The number of nitrogens with zero attached hydrogens (tertiary/aromatic N) is 2. The minimum atomic E-state index is -1.79. The highest BCUT2D eigenvalue weighted by atomic mass is 19.1. The van der Waals surface area contributed by atoms with E-state index in [9.17, 15) is 24.2 Å². The summed E-state index contributed by atoms with van der Waals surface area (Å²) in [5, 5.41) is 19.3. The maximum atomic E-state index is 13.1. The number of aromatic nitrogens is 2. The van der Waals surface area contributed by atoms with Gasteiger partial charge in [0.05, 0.1) is 19.2 Å². The van der Waals surface area contributed by atoms with Crippen LogP contribution >= 0.6 is 0 Å². The molecule has 8 nitrogen and oxygen atoms in total. The third-order valence-electron chi connectivity index (χ3n) is 3.36. The van der Waals surface area contributed by atoms with E-state index in [1.807, 2.05) is 4.98 Å². The molecule has 0 radical (unpaired) electrons. The monoisotopic (exact) mass is 287 g/mol. The average molecular weight is 287 g/mol. The fourth-order valence-electron chi connectivity index (χ4n) is 2.22. The molecule has 1 aliphatic rings. The molecule has 1 saturated heterocycles. The van der Waals surface area contributed by atoms with Gasteiger partial charge in [0.25, 0.3) is 5.56 Å². The Morgan fingerprint density at radius 3 is 2.80 bits per heavy atom. The molecule has 0 aromatic carbocycles. The highest BCUT2D eigenvalue weighted by Crippen LogP contribution is 2.41. The van der Waals surface area contributed by atoms with Crippen molar-refractivity contribution in [2.24, 2.45) is 10.9 Å². The number of ether oxygens (including phenoxy) is 1. The number of nitrogens with one attached hydrogen (secondary N) is 1. The summed E-state index contributed by atoms with van der Waals surface area (Å²) in [6, 6.07) is 1.06. The Bertz CT molecular complexity index is 615. The summed E-state index contributed by atoms with van der Waals surface area (Å²) in [6.07, 6.45) is -1.56. The number of aliphatic hydroxyl groups excluding tert-OH is 2. The van der Waals surface area contributed by atoms with E-state index in [0.717, 1.165) is 16.8 Å². The molecule has 1 aromatic heterocycles. The second kappa shape index (κ2) is 5.27. The molecular formula is C11H14FN3O5. The van der Waals surface area contributed by atoms with Crippen molar-refractivity contribution in [1.29, 1.82) is 0 Å². The maximum Gasteiger partial charge on any atom is 0.330 e. The summed E-state index contributed by atoms with van der Waals surface area (Å²) in [4.78, 5) is 28.2. The van der Waals surface area contributed by atoms with Crippen molar-refractivity contribution in [2.45, 2.75) is 18.1 Å². The number of alkyl halides is 1. The number of aromatic amines is 1. The number of hydrogen-bond donors (Lipinski definition) is 3. The molecule has 0 amide bonds. The SMILES string of the molecule is C=N[C@]1(CO)O[C@@H](n2ccc(=O)[nH]c2=O)[C@@H](CF)[C@@H]1O. The smallest absolute Gasteiger partial charge is 0.330 e. The van der Waals surface area contributed by atoms with Gasteiger partial charge in [0.1, 0.15) is 12.3 Å². The van der Waals surface area contributed by atoms with Crippen LogP contribution in [-0.2, 0) is 4.74 Å². The number of H-pyrrole nitrogens is 1. The Morgan fingerprint density at radius 1 is 1.60 bits per heavy atom. The molecule has 0 unspecified atom stereocenters. The number of rotatable bonds is 4. The maximum absolute atomic E-state index is 13.1. The highest BCUT2D eigenvalue weighted by Gasteiger charge is 2.55. The zero-order chi connectivity index (χ0) is 14.9. The van der Waals surface area contributed by atoms with Gasteiger partial charge in [-0.1, -0.05) is 0 Å². The van der Waals surface area contributed by atoms with Crippen LogP contribution < -0.4 is 11.2 Å². The summed E-state index contributed by atoms with van der Waals surface area (Å²) < 4.78 is 19.4. The fraction of sp³-hybridized carbons (Fsp3) is 0.545. The highest BCUT2D eigenvalue weighted by molar-refractivity contribution is 5.26.